The van der Waals surface area contributed by atoms with Crippen molar-refractivity contribution in [1.82, 2.24) is 14.1 Å². The first-order chi connectivity index (χ1) is 14.3. The molecule has 0 aliphatic rings. The number of carbonyl (C=O) groups is 2. The topological polar surface area (TPSA) is 115 Å². The highest BCUT2D eigenvalue weighted by Crippen LogP contribution is 1.95. The number of ether oxygens (including phenoxy) is 4. The van der Waals surface area contributed by atoms with Crippen LogP contribution in [0.25, 0.3) is 0 Å². The van der Waals surface area contributed by atoms with Gasteiger partial charge in [-0.1, -0.05) is 6.92 Å². The Morgan fingerprint density at radius 2 is 1.29 bits per heavy atom. The minimum atomic E-state index is -3.15. The molecule has 0 atom stereocenters. The highest BCUT2D eigenvalue weighted by Gasteiger charge is 2.14. The second-order valence-electron chi connectivity index (χ2n) is 6.07. The molecule has 190 valence electrons. The Morgan fingerprint density at radius 3 is 1.48 bits per heavy atom. The van der Waals surface area contributed by atoms with E-state index >= 15 is 0 Å². The van der Waals surface area contributed by atoms with E-state index < -0.39 is 10.0 Å². The van der Waals surface area contributed by atoms with Crippen LogP contribution in [-0.2, 0) is 33.8 Å². The van der Waals surface area contributed by atoms with Crippen LogP contribution >= 0.6 is 0 Å². The fourth-order valence-corrected chi connectivity index (χ4v) is 2.13. The van der Waals surface area contributed by atoms with Crippen molar-refractivity contribution in [2.45, 2.75) is 34.6 Å². The van der Waals surface area contributed by atoms with E-state index in [9.17, 15) is 18.0 Å². The van der Waals surface area contributed by atoms with Gasteiger partial charge >= 0.3 is 12.1 Å². The summed E-state index contributed by atoms with van der Waals surface area (Å²) in [6.45, 7) is 11.4. The van der Waals surface area contributed by atoms with Crippen LogP contribution < -0.4 is 0 Å². The Kier molecular flexibility index (Phi) is 29.5. The van der Waals surface area contributed by atoms with E-state index in [1.165, 1.54) is 30.3 Å². The van der Waals surface area contributed by atoms with Crippen molar-refractivity contribution in [3.8, 4) is 0 Å². The zero-order valence-corrected chi connectivity index (χ0v) is 22.1. The summed E-state index contributed by atoms with van der Waals surface area (Å²) in [5, 5.41) is 0. The molecule has 0 aromatic rings. The molecule has 0 bridgehead atoms. The lowest BCUT2D eigenvalue weighted by molar-refractivity contribution is -0.140. The zero-order chi connectivity index (χ0) is 25.5. The molecule has 0 aliphatic heterocycles. The highest BCUT2D eigenvalue weighted by atomic mass is 32.2. The first-order valence-electron chi connectivity index (χ1n) is 9.88. The zero-order valence-electron chi connectivity index (χ0n) is 21.3. The number of sulfonamides is 1. The van der Waals surface area contributed by atoms with E-state index in [0.29, 0.717) is 33.0 Å². The molecule has 0 heterocycles. The third-order valence-corrected chi connectivity index (χ3v) is 4.72. The van der Waals surface area contributed by atoms with Gasteiger partial charge in [0, 0.05) is 48.3 Å². The first kappa shape index (κ1) is 36.9. The molecular weight excluding hydrogens is 430 g/mol. The van der Waals surface area contributed by atoms with E-state index in [1.54, 1.807) is 34.9 Å². The van der Waals surface area contributed by atoms with Gasteiger partial charge in [0.05, 0.1) is 19.9 Å². The molecular formula is C19H45N3O8S. The summed E-state index contributed by atoms with van der Waals surface area (Å²) in [6, 6.07) is 0. The summed E-state index contributed by atoms with van der Waals surface area (Å²) in [6.07, 6.45) is -0.250. The molecule has 12 heteroatoms. The molecule has 1 amide bonds. The van der Waals surface area contributed by atoms with Crippen molar-refractivity contribution in [3.05, 3.63) is 0 Å². The maximum Gasteiger partial charge on any atom is 0.409 e. The Bertz CT molecular complexity index is 516. The van der Waals surface area contributed by atoms with Crippen LogP contribution in [0.4, 0.5) is 4.79 Å². The van der Waals surface area contributed by atoms with Gasteiger partial charge < -0.3 is 23.8 Å². The van der Waals surface area contributed by atoms with Crippen LogP contribution in [0, 0.1) is 0 Å². The summed E-state index contributed by atoms with van der Waals surface area (Å²) in [5.41, 5.74) is 0. The van der Waals surface area contributed by atoms with Crippen molar-refractivity contribution in [2.24, 2.45) is 0 Å². The number of rotatable bonds is 9. The van der Waals surface area contributed by atoms with E-state index in [1.807, 2.05) is 25.9 Å². The van der Waals surface area contributed by atoms with Gasteiger partial charge in [-0.25, -0.2) is 17.5 Å². The molecule has 11 nitrogen and oxygen atoms in total. The van der Waals surface area contributed by atoms with E-state index in [4.69, 9.17) is 4.74 Å². The first-order valence-corrected chi connectivity index (χ1v) is 11.5. The van der Waals surface area contributed by atoms with Crippen LogP contribution in [0.1, 0.15) is 34.6 Å². The van der Waals surface area contributed by atoms with Crippen molar-refractivity contribution in [1.29, 1.82) is 0 Å². The number of esters is 1. The quantitative estimate of drug-likeness (QED) is 0.363. The van der Waals surface area contributed by atoms with Gasteiger partial charge in [-0.3, -0.25) is 9.69 Å². The number of amides is 1. The molecule has 31 heavy (non-hydrogen) atoms. The van der Waals surface area contributed by atoms with E-state index in [-0.39, 0.29) is 18.0 Å². The summed E-state index contributed by atoms with van der Waals surface area (Å²) in [4.78, 5) is 24.0. The number of nitrogens with zero attached hydrogens (tertiary/aromatic N) is 3. The number of carbonyl (C=O) groups excluding carboxylic acids is 2. The molecule has 0 aliphatic carbocycles. The van der Waals surface area contributed by atoms with Crippen LogP contribution in [0.15, 0.2) is 0 Å². The lowest BCUT2D eigenvalue weighted by Gasteiger charge is -2.12. The minimum Gasteiger partial charge on any atom is -0.466 e. The van der Waals surface area contributed by atoms with Crippen molar-refractivity contribution < 1.29 is 37.0 Å². The summed E-state index contributed by atoms with van der Waals surface area (Å²) >= 11 is 0. The van der Waals surface area contributed by atoms with E-state index in [2.05, 4.69) is 14.2 Å². The highest BCUT2D eigenvalue weighted by molar-refractivity contribution is 7.88. The Balaban J connectivity index is -0.000000161. The number of methoxy groups -OCH3 is 2. The SMILES string of the molecule is CCN(C)S(=O)(=O)COC.CCOC(=O)N(C)CC.CCOC(C)=O.COCN(C)C. The molecule has 0 saturated carbocycles. The third kappa shape index (κ3) is 30.8. The fraction of sp³-hybridized carbons (Fsp3) is 0.895. The Morgan fingerprint density at radius 1 is 0.806 bits per heavy atom. The fourth-order valence-electron chi connectivity index (χ4n) is 1.26. The third-order valence-electron chi connectivity index (χ3n) is 2.98. The average molecular weight is 476 g/mol. The molecule has 0 spiro atoms. The lowest BCUT2D eigenvalue weighted by atomic mass is 10.7. The van der Waals surface area contributed by atoms with Gasteiger partial charge in [0.15, 0.2) is 5.94 Å². The van der Waals surface area contributed by atoms with E-state index in [0.717, 1.165) is 0 Å². The Labute approximate surface area is 189 Å². The van der Waals surface area contributed by atoms with Crippen LogP contribution in [0.3, 0.4) is 0 Å². The van der Waals surface area contributed by atoms with Crippen molar-refractivity contribution in [3.63, 3.8) is 0 Å². The second kappa shape index (κ2) is 24.8. The van der Waals surface area contributed by atoms with Gasteiger partial charge in [-0.05, 0) is 34.9 Å². The number of hydrogen-bond acceptors (Lipinski definition) is 9. The average Bonchev–Trinajstić information content (AvgIpc) is 2.68. The normalized spacial score (nSPS) is 9.97. The predicted molar refractivity (Wildman–Crippen MR) is 122 cm³/mol. The maximum absolute atomic E-state index is 11.0. The standard InChI is InChI=1S/C6H13NO2.C5H13NO3S.C4H11NO.C4H8O2/c1-4-7(3)6(8)9-5-2;1-4-6(2)10(7,8)5-9-3;1-5(2)4-6-3;1-3-6-4(2)5/h4-5H2,1-3H3;4-5H2,1-3H3;4H2,1-3H3;3H2,1-2H3. The Hall–Kier alpha value is -1.47. The van der Waals surface area contributed by atoms with Gasteiger partial charge in [0.1, 0.15) is 0 Å². The molecule has 0 saturated heterocycles. The van der Waals surface area contributed by atoms with Gasteiger partial charge in [0.2, 0.25) is 10.0 Å². The van der Waals surface area contributed by atoms with Crippen LogP contribution in [0.5, 0.6) is 0 Å². The molecule has 0 fully saturated rings. The van der Waals surface area contributed by atoms with Gasteiger partial charge in [-0.15, -0.1) is 0 Å². The van der Waals surface area contributed by atoms with Gasteiger partial charge in [0.25, 0.3) is 0 Å². The smallest absolute Gasteiger partial charge is 0.409 e. The molecule has 0 aromatic heterocycles. The maximum atomic E-state index is 11.0. The van der Waals surface area contributed by atoms with Gasteiger partial charge in [-0.2, -0.15) is 0 Å². The number of hydrogen-bond donors (Lipinski definition) is 0. The second-order valence-corrected chi connectivity index (χ2v) is 8.09. The monoisotopic (exact) mass is 475 g/mol. The molecule has 0 aromatic carbocycles. The molecule has 0 N–H and O–H groups in total. The van der Waals surface area contributed by atoms with Crippen molar-refractivity contribution in [2.75, 3.05) is 81.4 Å². The van der Waals surface area contributed by atoms with Crippen LogP contribution in [0.2, 0.25) is 0 Å². The summed E-state index contributed by atoms with van der Waals surface area (Å²) in [5.74, 6) is -0.449. The lowest BCUT2D eigenvalue weighted by Crippen LogP contribution is -2.29. The van der Waals surface area contributed by atoms with Crippen LogP contribution in [-0.4, -0.2) is 116 Å². The summed E-state index contributed by atoms with van der Waals surface area (Å²) in [7, 11) is 7.05. The molecule has 0 rings (SSSR count). The predicted octanol–water partition coefficient (Wildman–Crippen LogP) is 1.69. The summed E-state index contributed by atoms with van der Waals surface area (Å²) < 4.78 is 41.5. The minimum absolute atomic E-state index is 0.211. The van der Waals surface area contributed by atoms with Crippen molar-refractivity contribution >= 4 is 22.1 Å². The largest absolute Gasteiger partial charge is 0.466 e. The molecule has 0 unspecified atom stereocenters. The molecule has 0 radical (unpaired) electrons.